The maximum absolute atomic E-state index is 12.1. The lowest BCUT2D eigenvalue weighted by Crippen LogP contribution is -2.56. The first-order valence-corrected chi connectivity index (χ1v) is 12.4. The molecule has 3 aliphatic carbocycles. The second-order valence-corrected chi connectivity index (χ2v) is 12.3. The topological polar surface area (TPSA) is 20.3 Å². The predicted molar refractivity (Wildman–Crippen MR) is 121 cm³/mol. The molecule has 1 saturated heterocycles. The van der Waals surface area contributed by atoms with E-state index in [1.807, 2.05) is 18.2 Å². The zero-order valence-corrected chi connectivity index (χ0v) is 19.4. The van der Waals surface area contributed by atoms with Crippen LogP contribution < -0.4 is 0 Å². The van der Waals surface area contributed by atoms with E-state index in [1.165, 1.54) is 36.3 Å². The second kappa shape index (κ2) is 7.05. The van der Waals surface area contributed by atoms with Crippen LogP contribution in [0.25, 0.3) is 0 Å². The van der Waals surface area contributed by atoms with Crippen molar-refractivity contribution in [2.45, 2.75) is 62.5 Å². The molecule has 0 radical (unpaired) electrons. The molecule has 0 spiro atoms. The van der Waals surface area contributed by atoms with E-state index in [-0.39, 0.29) is 5.41 Å². The number of piperidine rings is 1. The molecule has 1 unspecified atom stereocenters. The van der Waals surface area contributed by atoms with Gasteiger partial charge in [-0.3, -0.25) is 4.79 Å². The van der Waals surface area contributed by atoms with Crippen molar-refractivity contribution < 1.29 is 4.79 Å². The van der Waals surface area contributed by atoms with Crippen molar-refractivity contribution in [3.05, 3.63) is 41.1 Å². The Bertz CT molecular complexity index is 851. The summed E-state index contributed by atoms with van der Waals surface area (Å²) in [5.41, 5.74) is 1.98. The van der Waals surface area contributed by atoms with E-state index in [4.69, 9.17) is 11.6 Å². The fourth-order valence-electron chi connectivity index (χ4n) is 7.36. The lowest BCUT2D eigenvalue weighted by Gasteiger charge is -2.59. The zero-order chi connectivity index (χ0) is 20.4. The molecule has 3 fully saturated rings. The van der Waals surface area contributed by atoms with Crippen molar-refractivity contribution in [2.75, 3.05) is 13.6 Å². The van der Waals surface area contributed by atoms with Crippen LogP contribution in [0.2, 0.25) is 5.02 Å². The highest BCUT2D eigenvalue weighted by molar-refractivity contribution is 8.00. The third kappa shape index (κ3) is 3.28. The molecule has 6 atom stereocenters. The molecule has 4 aliphatic rings. The average Bonchev–Trinajstić information content (AvgIpc) is 3.01. The molecule has 1 heterocycles. The van der Waals surface area contributed by atoms with Gasteiger partial charge >= 0.3 is 0 Å². The molecule has 1 aliphatic heterocycles. The number of fused-ring (bicyclic) bond motifs is 5. The molecule has 1 aromatic rings. The third-order valence-electron chi connectivity index (χ3n) is 8.77. The Hall–Kier alpha value is -0.930. The van der Waals surface area contributed by atoms with Gasteiger partial charge in [-0.25, -0.2) is 0 Å². The maximum atomic E-state index is 12.1. The number of likely N-dealkylation sites (tertiary alicyclic amines) is 1. The number of hydrogen-bond acceptors (Lipinski definition) is 3. The van der Waals surface area contributed by atoms with E-state index in [0.717, 1.165) is 42.2 Å². The maximum Gasteiger partial charge on any atom is 0.157 e. The molecule has 0 aromatic heterocycles. The fraction of sp³-hybridized carbons (Fsp3) is 0.640. The molecule has 1 aromatic carbocycles. The van der Waals surface area contributed by atoms with Crippen LogP contribution in [0.3, 0.4) is 0 Å². The predicted octanol–water partition coefficient (Wildman–Crippen LogP) is 6.44. The summed E-state index contributed by atoms with van der Waals surface area (Å²) in [5.74, 6) is 2.61. The Kier molecular flexibility index (Phi) is 4.86. The highest BCUT2D eigenvalue weighted by Crippen LogP contribution is 2.65. The standard InChI is InChI=1S/C25H32ClNOS/c1-24-10-9-21-20(15-27(3)23-12-17(28)8-11-25(21,23)2)22(24)13-19(14-24)29-18-6-4-16(26)5-7-18/h4-7,12,19-22H,8-11,13-15H2,1-3H3/t19?,20-,21-,22+,24-,25-/m1/s1. The van der Waals surface area contributed by atoms with Gasteiger partial charge in [0.05, 0.1) is 0 Å². The smallest absolute Gasteiger partial charge is 0.157 e. The lowest BCUT2D eigenvalue weighted by atomic mass is 9.50. The SMILES string of the molecule is CN1C[C@@H]2[C@@H](CC[C@]3(C)CC(Sc4ccc(Cl)cc4)C[C@@H]23)[C@@]2(C)CCC(=O)C=C12. The average molecular weight is 430 g/mol. The van der Waals surface area contributed by atoms with Crippen LogP contribution >= 0.6 is 23.4 Å². The van der Waals surface area contributed by atoms with Crippen LogP contribution in [0.5, 0.6) is 0 Å². The summed E-state index contributed by atoms with van der Waals surface area (Å²) >= 11 is 8.14. The van der Waals surface area contributed by atoms with Gasteiger partial charge in [-0.15, -0.1) is 11.8 Å². The number of carbonyl (C=O) groups is 1. The van der Waals surface area contributed by atoms with Gasteiger partial charge in [-0.05, 0) is 79.5 Å². The molecule has 29 heavy (non-hydrogen) atoms. The molecular weight excluding hydrogens is 398 g/mol. The number of hydrogen-bond donors (Lipinski definition) is 0. The van der Waals surface area contributed by atoms with Crippen LogP contribution in [0.4, 0.5) is 0 Å². The summed E-state index contributed by atoms with van der Waals surface area (Å²) in [5, 5.41) is 1.52. The van der Waals surface area contributed by atoms with Gasteiger partial charge in [-0.2, -0.15) is 0 Å². The minimum Gasteiger partial charge on any atom is -0.377 e. The zero-order valence-electron chi connectivity index (χ0n) is 17.8. The second-order valence-electron chi connectivity index (χ2n) is 10.5. The molecule has 0 amide bonds. The lowest BCUT2D eigenvalue weighted by molar-refractivity contribution is -0.118. The summed E-state index contributed by atoms with van der Waals surface area (Å²) in [4.78, 5) is 15.9. The molecule has 4 heteroatoms. The van der Waals surface area contributed by atoms with Crippen LogP contribution in [-0.4, -0.2) is 29.5 Å². The number of carbonyl (C=O) groups excluding carboxylic acids is 1. The van der Waals surface area contributed by atoms with E-state index in [2.05, 4.69) is 49.7 Å². The molecule has 0 N–H and O–H groups in total. The van der Waals surface area contributed by atoms with Crippen molar-refractivity contribution in [3.63, 3.8) is 0 Å². The number of allylic oxidation sites excluding steroid dienone is 2. The number of benzene rings is 1. The van der Waals surface area contributed by atoms with E-state index in [1.54, 1.807) is 0 Å². The van der Waals surface area contributed by atoms with Crippen LogP contribution in [0.1, 0.15) is 52.4 Å². The molecular formula is C25H32ClNOS. The number of nitrogens with zero attached hydrogens (tertiary/aromatic N) is 1. The van der Waals surface area contributed by atoms with Gasteiger partial charge in [0, 0.05) is 52.4 Å². The molecule has 2 saturated carbocycles. The monoisotopic (exact) mass is 429 g/mol. The van der Waals surface area contributed by atoms with Gasteiger partial charge < -0.3 is 4.90 Å². The largest absolute Gasteiger partial charge is 0.377 e. The first-order valence-electron chi connectivity index (χ1n) is 11.2. The van der Waals surface area contributed by atoms with E-state index < -0.39 is 0 Å². The van der Waals surface area contributed by atoms with Gasteiger partial charge in [0.25, 0.3) is 0 Å². The summed E-state index contributed by atoms with van der Waals surface area (Å²) in [6.07, 6.45) is 9.07. The minimum absolute atomic E-state index is 0.189. The fourth-order valence-corrected chi connectivity index (χ4v) is 8.93. The summed E-state index contributed by atoms with van der Waals surface area (Å²) in [6, 6.07) is 8.37. The van der Waals surface area contributed by atoms with E-state index in [0.29, 0.717) is 16.4 Å². The first kappa shape index (κ1) is 20.0. The Morgan fingerprint density at radius 2 is 1.90 bits per heavy atom. The van der Waals surface area contributed by atoms with Crippen molar-refractivity contribution in [3.8, 4) is 0 Å². The highest BCUT2D eigenvalue weighted by Gasteiger charge is 2.59. The van der Waals surface area contributed by atoms with Crippen molar-refractivity contribution in [2.24, 2.45) is 28.6 Å². The molecule has 0 bridgehead atoms. The first-order chi connectivity index (χ1) is 13.8. The number of thioether (sulfide) groups is 1. The van der Waals surface area contributed by atoms with Crippen LogP contribution in [0.15, 0.2) is 40.9 Å². The van der Waals surface area contributed by atoms with Gasteiger partial charge in [-0.1, -0.05) is 25.4 Å². The van der Waals surface area contributed by atoms with Gasteiger partial charge in [0.2, 0.25) is 0 Å². The van der Waals surface area contributed by atoms with Crippen LogP contribution in [-0.2, 0) is 4.79 Å². The molecule has 156 valence electrons. The van der Waals surface area contributed by atoms with E-state index >= 15 is 0 Å². The Labute approximate surface area is 184 Å². The van der Waals surface area contributed by atoms with Crippen molar-refractivity contribution in [1.82, 2.24) is 4.90 Å². The normalized spacial score (nSPS) is 41.4. The molecule has 2 nitrogen and oxygen atoms in total. The summed E-state index contributed by atoms with van der Waals surface area (Å²) in [6.45, 7) is 6.14. The minimum atomic E-state index is 0.189. The Balaban J connectivity index is 1.39. The van der Waals surface area contributed by atoms with Crippen molar-refractivity contribution >= 4 is 29.1 Å². The van der Waals surface area contributed by atoms with Crippen molar-refractivity contribution in [1.29, 1.82) is 0 Å². The van der Waals surface area contributed by atoms with E-state index in [9.17, 15) is 4.79 Å². The Morgan fingerprint density at radius 3 is 2.66 bits per heavy atom. The quantitative estimate of drug-likeness (QED) is 0.539. The third-order valence-corrected chi connectivity index (χ3v) is 10.3. The van der Waals surface area contributed by atoms with Gasteiger partial charge in [0.15, 0.2) is 5.78 Å². The highest BCUT2D eigenvalue weighted by atomic mass is 35.5. The summed E-state index contributed by atoms with van der Waals surface area (Å²) < 4.78 is 0. The number of ketones is 1. The Morgan fingerprint density at radius 1 is 1.14 bits per heavy atom. The molecule has 5 rings (SSSR count). The summed E-state index contributed by atoms with van der Waals surface area (Å²) in [7, 11) is 2.22. The number of halogens is 1. The number of rotatable bonds is 2. The van der Waals surface area contributed by atoms with Gasteiger partial charge in [0.1, 0.15) is 0 Å². The van der Waals surface area contributed by atoms with Crippen LogP contribution in [0, 0.1) is 28.6 Å².